The van der Waals surface area contributed by atoms with E-state index in [9.17, 15) is 19.4 Å². The van der Waals surface area contributed by atoms with Gasteiger partial charge in [0.25, 0.3) is 0 Å². The fourth-order valence-electron chi connectivity index (χ4n) is 2.32. The summed E-state index contributed by atoms with van der Waals surface area (Å²) in [6.45, 7) is 3.53. The molecule has 0 aliphatic rings. The monoisotopic (exact) mass is 284 g/mol. The smallest absolute Gasteiger partial charge is 0.311 e. The van der Waals surface area contributed by atoms with Gasteiger partial charge in [-0.25, -0.2) is 0 Å². The third kappa shape index (κ3) is 3.92. The van der Waals surface area contributed by atoms with Gasteiger partial charge in [-0.15, -0.1) is 0 Å². The topological polar surface area (TPSA) is 74.6 Å². The summed E-state index contributed by atoms with van der Waals surface area (Å²) in [6, 6.07) is 8.72. The Hall–Kier alpha value is -1.12. The molecule has 0 saturated carbocycles. The van der Waals surface area contributed by atoms with Crippen LogP contribution >= 0.6 is 7.37 Å². The van der Waals surface area contributed by atoms with Gasteiger partial charge >= 0.3 is 5.97 Å². The Morgan fingerprint density at radius 1 is 1.26 bits per heavy atom. The third-order valence-corrected chi connectivity index (χ3v) is 5.86. The fourth-order valence-corrected chi connectivity index (χ4v) is 4.22. The van der Waals surface area contributed by atoms with Gasteiger partial charge in [-0.1, -0.05) is 50.6 Å². The zero-order valence-electron chi connectivity index (χ0n) is 11.3. The Labute approximate surface area is 113 Å². The molecule has 0 spiro atoms. The maximum absolute atomic E-state index is 12.3. The highest BCUT2D eigenvalue weighted by Crippen LogP contribution is 2.53. The van der Waals surface area contributed by atoms with Crippen molar-refractivity contribution in [3.05, 3.63) is 35.9 Å². The number of hydrogen-bond donors (Lipinski definition) is 2. The van der Waals surface area contributed by atoms with Crippen LogP contribution in [0.5, 0.6) is 0 Å². The third-order valence-electron chi connectivity index (χ3n) is 3.37. The molecule has 1 aromatic carbocycles. The van der Waals surface area contributed by atoms with Crippen molar-refractivity contribution in [1.29, 1.82) is 0 Å². The molecule has 0 radical (unpaired) electrons. The number of benzene rings is 1. The van der Waals surface area contributed by atoms with Crippen molar-refractivity contribution in [3.63, 3.8) is 0 Å². The van der Waals surface area contributed by atoms with Crippen molar-refractivity contribution < 1.29 is 19.4 Å². The molecular formula is C14H21O4P. The Bertz CT molecular complexity index is 458. The first-order chi connectivity index (χ1) is 8.94. The summed E-state index contributed by atoms with van der Waals surface area (Å²) >= 11 is 0. The van der Waals surface area contributed by atoms with Crippen LogP contribution in [-0.2, 0) is 9.36 Å². The number of aliphatic carboxylic acids is 1. The van der Waals surface area contributed by atoms with E-state index in [4.69, 9.17) is 0 Å². The first-order valence-corrected chi connectivity index (χ1v) is 8.44. The quantitative estimate of drug-likeness (QED) is 0.753. The van der Waals surface area contributed by atoms with Crippen molar-refractivity contribution in [1.82, 2.24) is 0 Å². The van der Waals surface area contributed by atoms with Gasteiger partial charge in [-0.05, 0) is 12.0 Å². The lowest BCUT2D eigenvalue weighted by atomic mass is 9.93. The van der Waals surface area contributed by atoms with Gasteiger partial charge in [-0.2, -0.15) is 0 Å². The van der Waals surface area contributed by atoms with Crippen LogP contribution in [0.3, 0.4) is 0 Å². The molecule has 106 valence electrons. The van der Waals surface area contributed by atoms with Crippen LogP contribution in [0.15, 0.2) is 30.3 Å². The molecule has 0 bridgehead atoms. The minimum atomic E-state index is -3.46. The SMILES string of the molecule is CCCC(C(C(=O)O)c1ccccc1)P(=O)(O)CC. The molecule has 3 unspecified atom stereocenters. The lowest BCUT2D eigenvalue weighted by Gasteiger charge is -2.27. The molecule has 1 aromatic rings. The van der Waals surface area contributed by atoms with Crippen molar-refractivity contribution in [2.45, 2.75) is 38.3 Å². The summed E-state index contributed by atoms with van der Waals surface area (Å²) in [7, 11) is -3.46. The number of rotatable bonds is 7. The van der Waals surface area contributed by atoms with E-state index >= 15 is 0 Å². The molecule has 4 nitrogen and oxygen atoms in total. The summed E-state index contributed by atoms with van der Waals surface area (Å²) in [6.07, 6.45) is 1.23. The van der Waals surface area contributed by atoms with Crippen LogP contribution in [0.1, 0.15) is 38.2 Å². The average Bonchev–Trinajstić information content (AvgIpc) is 2.39. The maximum Gasteiger partial charge on any atom is 0.311 e. The first-order valence-electron chi connectivity index (χ1n) is 6.53. The van der Waals surface area contributed by atoms with Gasteiger partial charge in [0.15, 0.2) is 0 Å². The molecule has 0 saturated heterocycles. The van der Waals surface area contributed by atoms with E-state index in [0.717, 1.165) is 0 Å². The largest absolute Gasteiger partial charge is 0.481 e. The van der Waals surface area contributed by atoms with E-state index in [1.54, 1.807) is 37.3 Å². The van der Waals surface area contributed by atoms with E-state index in [2.05, 4.69) is 0 Å². The number of carboxylic acid groups (broad SMARTS) is 1. The molecule has 2 N–H and O–H groups in total. The van der Waals surface area contributed by atoms with Crippen LogP contribution < -0.4 is 0 Å². The van der Waals surface area contributed by atoms with Gasteiger partial charge < -0.3 is 10.00 Å². The maximum atomic E-state index is 12.3. The van der Waals surface area contributed by atoms with Crippen molar-refractivity contribution >= 4 is 13.3 Å². The highest BCUT2D eigenvalue weighted by atomic mass is 31.2. The Morgan fingerprint density at radius 2 is 1.84 bits per heavy atom. The van der Waals surface area contributed by atoms with Gasteiger partial charge in [-0.3, -0.25) is 9.36 Å². The molecule has 5 heteroatoms. The van der Waals surface area contributed by atoms with E-state index < -0.39 is 24.9 Å². The highest BCUT2D eigenvalue weighted by molar-refractivity contribution is 7.58. The molecule has 0 amide bonds. The van der Waals surface area contributed by atoms with Gasteiger partial charge in [0.05, 0.1) is 11.6 Å². The summed E-state index contributed by atoms with van der Waals surface area (Å²) < 4.78 is 12.3. The Morgan fingerprint density at radius 3 is 2.26 bits per heavy atom. The minimum Gasteiger partial charge on any atom is -0.481 e. The lowest BCUT2D eigenvalue weighted by Crippen LogP contribution is -2.27. The predicted molar refractivity (Wildman–Crippen MR) is 75.9 cm³/mol. The zero-order chi connectivity index (χ0) is 14.5. The number of carbonyl (C=O) groups is 1. The van der Waals surface area contributed by atoms with Crippen molar-refractivity contribution in [2.75, 3.05) is 6.16 Å². The van der Waals surface area contributed by atoms with Crippen LogP contribution in [0.2, 0.25) is 0 Å². The van der Waals surface area contributed by atoms with E-state index in [0.29, 0.717) is 18.4 Å². The normalized spacial score (nSPS) is 17.4. The molecule has 0 aliphatic carbocycles. The molecule has 0 heterocycles. The zero-order valence-corrected chi connectivity index (χ0v) is 12.2. The van der Waals surface area contributed by atoms with E-state index in [1.807, 2.05) is 6.92 Å². The summed E-state index contributed by atoms with van der Waals surface area (Å²) in [5.41, 5.74) is -0.126. The van der Waals surface area contributed by atoms with Gasteiger partial charge in [0.2, 0.25) is 7.37 Å². The minimum absolute atomic E-state index is 0.105. The second kappa shape index (κ2) is 6.88. The molecule has 1 rings (SSSR count). The summed E-state index contributed by atoms with van der Waals surface area (Å²) in [4.78, 5) is 21.6. The Balaban J connectivity index is 3.22. The average molecular weight is 284 g/mol. The van der Waals surface area contributed by atoms with E-state index in [1.165, 1.54) is 0 Å². The fraction of sp³-hybridized carbons (Fsp3) is 0.500. The Kier molecular flexibility index (Phi) is 5.77. The lowest BCUT2D eigenvalue weighted by molar-refractivity contribution is -0.139. The molecule has 0 aromatic heterocycles. The second-order valence-corrected chi connectivity index (χ2v) is 7.46. The summed E-state index contributed by atoms with van der Waals surface area (Å²) in [5.74, 6) is -1.95. The van der Waals surface area contributed by atoms with Crippen LogP contribution in [0.4, 0.5) is 0 Å². The second-order valence-electron chi connectivity index (χ2n) is 4.65. The van der Waals surface area contributed by atoms with Crippen molar-refractivity contribution in [3.8, 4) is 0 Å². The number of hydrogen-bond acceptors (Lipinski definition) is 2. The van der Waals surface area contributed by atoms with E-state index in [-0.39, 0.29) is 6.16 Å². The van der Waals surface area contributed by atoms with Crippen molar-refractivity contribution in [2.24, 2.45) is 0 Å². The highest BCUT2D eigenvalue weighted by Gasteiger charge is 2.40. The number of carboxylic acids is 1. The van der Waals surface area contributed by atoms with Gasteiger partial charge in [0.1, 0.15) is 0 Å². The van der Waals surface area contributed by atoms with Crippen LogP contribution in [-0.4, -0.2) is 27.8 Å². The standard InChI is InChI=1S/C14H21O4P/c1-3-8-12(19(17,18)4-2)13(14(15)16)11-9-6-5-7-10-11/h5-7,9-10,12-13H,3-4,8H2,1-2H3,(H,15,16)(H,17,18). The summed E-state index contributed by atoms with van der Waals surface area (Å²) in [5, 5.41) is 9.45. The molecule has 0 aliphatic heterocycles. The van der Waals surface area contributed by atoms with Crippen LogP contribution in [0.25, 0.3) is 0 Å². The van der Waals surface area contributed by atoms with Crippen LogP contribution in [0, 0.1) is 0 Å². The molecule has 19 heavy (non-hydrogen) atoms. The molecule has 3 atom stereocenters. The molecular weight excluding hydrogens is 263 g/mol. The molecule has 0 fully saturated rings. The first kappa shape index (κ1) is 15.9. The van der Waals surface area contributed by atoms with Gasteiger partial charge in [0, 0.05) is 6.16 Å². The predicted octanol–water partition coefficient (Wildman–Crippen LogP) is 3.31.